The maximum atomic E-state index is 13.1. The minimum Gasteiger partial charge on any atom is -0.488 e. The minimum absolute atomic E-state index is 0.194. The highest BCUT2D eigenvalue weighted by Crippen LogP contribution is 2.36. The van der Waals surface area contributed by atoms with Gasteiger partial charge < -0.3 is 14.5 Å². The number of imide groups is 1. The van der Waals surface area contributed by atoms with E-state index in [0.717, 1.165) is 60.3 Å². The zero-order chi connectivity index (χ0) is 27.2. The molecule has 7 nitrogen and oxygen atoms in total. The summed E-state index contributed by atoms with van der Waals surface area (Å²) in [5, 5.41) is 0.595. The first-order chi connectivity index (χ1) is 18.3. The van der Waals surface area contributed by atoms with Gasteiger partial charge in [-0.25, -0.2) is 0 Å². The summed E-state index contributed by atoms with van der Waals surface area (Å²) in [7, 11) is 0. The molecular formula is C28H31Cl2N3O4S. The van der Waals surface area contributed by atoms with Crippen LogP contribution < -0.4 is 9.64 Å². The van der Waals surface area contributed by atoms with Crippen LogP contribution in [0.1, 0.15) is 44.2 Å². The summed E-state index contributed by atoms with van der Waals surface area (Å²) in [5.41, 5.74) is 2.40. The van der Waals surface area contributed by atoms with Crippen molar-refractivity contribution in [2.45, 2.75) is 39.7 Å². The summed E-state index contributed by atoms with van der Waals surface area (Å²) in [6.07, 6.45) is 4.64. The predicted molar refractivity (Wildman–Crippen MR) is 154 cm³/mol. The van der Waals surface area contributed by atoms with Gasteiger partial charge in [-0.2, -0.15) is 0 Å². The second kappa shape index (κ2) is 12.9. The Labute approximate surface area is 237 Å². The first-order valence-corrected chi connectivity index (χ1v) is 14.4. The summed E-state index contributed by atoms with van der Waals surface area (Å²) >= 11 is 13.2. The summed E-state index contributed by atoms with van der Waals surface area (Å²) in [6.45, 7) is 7.10. The molecule has 0 N–H and O–H groups in total. The molecule has 2 aromatic rings. The first kappa shape index (κ1) is 28.3. The van der Waals surface area contributed by atoms with Crippen LogP contribution in [0.25, 0.3) is 6.08 Å². The Kier molecular flexibility index (Phi) is 9.63. The Morgan fingerprint density at radius 2 is 1.79 bits per heavy atom. The van der Waals surface area contributed by atoms with Gasteiger partial charge in [0.25, 0.3) is 11.1 Å². The van der Waals surface area contributed by atoms with Gasteiger partial charge in [-0.3, -0.25) is 19.3 Å². The second-order valence-corrected chi connectivity index (χ2v) is 11.0. The Balaban J connectivity index is 1.57. The molecule has 2 heterocycles. The van der Waals surface area contributed by atoms with Crippen LogP contribution in [0.15, 0.2) is 41.3 Å². The normalized spacial score (nSPS) is 16.9. The van der Waals surface area contributed by atoms with Crippen molar-refractivity contribution >= 4 is 63.8 Å². The van der Waals surface area contributed by atoms with E-state index >= 15 is 0 Å². The molecule has 2 aliphatic rings. The van der Waals surface area contributed by atoms with Crippen molar-refractivity contribution < 1.29 is 19.1 Å². The summed E-state index contributed by atoms with van der Waals surface area (Å²) in [4.78, 5) is 43.7. The van der Waals surface area contributed by atoms with Gasteiger partial charge in [0, 0.05) is 59.1 Å². The van der Waals surface area contributed by atoms with Crippen LogP contribution >= 0.6 is 35.0 Å². The summed E-state index contributed by atoms with van der Waals surface area (Å²) < 4.78 is 6.19. The molecule has 2 aromatic carbocycles. The van der Waals surface area contributed by atoms with E-state index in [0.29, 0.717) is 34.4 Å². The fourth-order valence-corrected chi connectivity index (χ4v) is 5.80. The van der Waals surface area contributed by atoms with Gasteiger partial charge in [-0.1, -0.05) is 29.3 Å². The molecule has 38 heavy (non-hydrogen) atoms. The third kappa shape index (κ3) is 6.65. The highest BCUT2D eigenvalue weighted by molar-refractivity contribution is 8.18. The number of hydrogen-bond donors (Lipinski definition) is 0. The average molecular weight is 577 g/mol. The molecular weight excluding hydrogens is 545 g/mol. The van der Waals surface area contributed by atoms with E-state index in [9.17, 15) is 14.4 Å². The second-order valence-electron chi connectivity index (χ2n) is 9.13. The number of carbonyl (C=O) groups is 3. The number of benzene rings is 2. The molecule has 10 heteroatoms. The van der Waals surface area contributed by atoms with Crippen LogP contribution in [0.2, 0.25) is 10.0 Å². The standard InChI is InChI=1S/C28H31Cl2N3O4S/c1-3-31(4-2)22-11-9-19(24(16-22)37-18-20-8-10-21(29)15-23(20)30)14-25-27(35)33(28(36)38-25)17-26(34)32-12-6-5-7-13-32/h8-11,14-16H,3-7,12-13,17-18H2,1-2H3/b25-14-. The van der Waals surface area contributed by atoms with Gasteiger partial charge in [-0.05, 0) is 75.2 Å². The smallest absolute Gasteiger partial charge is 0.294 e. The number of piperidine rings is 1. The number of thioether (sulfide) groups is 1. The largest absolute Gasteiger partial charge is 0.488 e. The van der Waals surface area contributed by atoms with Crippen molar-refractivity contribution in [1.29, 1.82) is 0 Å². The van der Waals surface area contributed by atoms with E-state index in [4.69, 9.17) is 27.9 Å². The Morgan fingerprint density at radius 1 is 1.05 bits per heavy atom. The molecule has 0 bridgehead atoms. The van der Waals surface area contributed by atoms with Gasteiger partial charge in [0.1, 0.15) is 18.9 Å². The SMILES string of the molecule is CCN(CC)c1ccc(/C=C2\SC(=O)N(CC(=O)N3CCCCC3)C2=O)c(OCc2ccc(Cl)cc2Cl)c1. The van der Waals surface area contributed by atoms with E-state index in [2.05, 4.69) is 18.7 Å². The highest BCUT2D eigenvalue weighted by atomic mass is 35.5. The molecule has 0 saturated carbocycles. The number of hydrogen-bond acceptors (Lipinski definition) is 6. The number of amides is 3. The zero-order valence-electron chi connectivity index (χ0n) is 21.5. The molecule has 0 atom stereocenters. The molecule has 0 aromatic heterocycles. The monoisotopic (exact) mass is 575 g/mol. The van der Waals surface area contributed by atoms with Crippen molar-refractivity contribution in [3.05, 3.63) is 62.5 Å². The van der Waals surface area contributed by atoms with Crippen LogP contribution in [0.5, 0.6) is 5.75 Å². The third-order valence-electron chi connectivity index (χ3n) is 6.69. The molecule has 0 spiro atoms. The maximum Gasteiger partial charge on any atom is 0.294 e. The van der Waals surface area contributed by atoms with Crippen LogP contribution in [-0.2, 0) is 16.2 Å². The minimum atomic E-state index is -0.468. The van der Waals surface area contributed by atoms with Gasteiger partial charge in [0.05, 0.1) is 4.91 Å². The van der Waals surface area contributed by atoms with E-state index in [1.165, 1.54) is 0 Å². The molecule has 4 rings (SSSR count). The van der Waals surface area contributed by atoms with Crippen LogP contribution in [0.3, 0.4) is 0 Å². The van der Waals surface area contributed by atoms with E-state index in [1.54, 1.807) is 23.1 Å². The number of ether oxygens (including phenoxy) is 1. The molecule has 202 valence electrons. The van der Waals surface area contributed by atoms with Gasteiger partial charge in [-0.15, -0.1) is 0 Å². The quantitative estimate of drug-likeness (QED) is 0.319. The van der Waals surface area contributed by atoms with Crippen molar-refractivity contribution in [2.75, 3.05) is 37.6 Å². The summed E-state index contributed by atoms with van der Waals surface area (Å²) in [6, 6.07) is 11.0. The highest BCUT2D eigenvalue weighted by Gasteiger charge is 2.37. The van der Waals surface area contributed by atoms with Gasteiger partial charge >= 0.3 is 0 Å². The molecule has 2 saturated heterocycles. The molecule has 0 radical (unpaired) electrons. The van der Waals surface area contributed by atoms with E-state index in [-0.39, 0.29) is 24.0 Å². The van der Waals surface area contributed by atoms with Crippen LogP contribution in [0, 0.1) is 0 Å². The van der Waals surface area contributed by atoms with E-state index in [1.807, 2.05) is 24.3 Å². The van der Waals surface area contributed by atoms with Crippen molar-refractivity contribution in [3.63, 3.8) is 0 Å². The van der Waals surface area contributed by atoms with Crippen molar-refractivity contribution in [1.82, 2.24) is 9.80 Å². The number of anilines is 1. The Morgan fingerprint density at radius 3 is 2.47 bits per heavy atom. The lowest BCUT2D eigenvalue weighted by molar-refractivity contribution is -0.136. The molecule has 0 aliphatic carbocycles. The number of likely N-dealkylation sites (tertiary alicyclic amines) is 1. The predicted octanol–water partition coefficient (Wildman–Crippen LogP) is 6.47. The third-order valence-corrected chi connectivity index (χ3v) is 8.18. The van der Waals surface area contributed by atoms with Crippen molar-refractivity contribution in [3.8, 4) is 5.75 Å². The van der Waals surface area contributed by atoms with Crippen LogP contribution in [-0.4, -0.2) is 59.6 Å². The molecule has 2 aliphatic heterocycles. The Bertz CT molecular complexity index is 1240. The zero-order valence-corrected chi connectivity index (χ0v) is 23.9. The van der Waals surface area contributed by atoms with Gasteiger partial charge in [0.2, 0.25) is 5.91 Å². The number of nitrogens with zero attached hydrogens (tertiary/aromatic N) is 3. The number of carbonyl (C=O) groups excluding carboxylic acids is 3. The first-order valence-electron chi connectivity index (χ1n) is 12.8. The number of rotatable bonds is 9. The average Bonchev–Trinajstić information content (AvgIpc) is 3.17. The van der Waals surface area contributed by atoms with Gasteiger partial charge in [0.15, 0.2) is 0 Å². The van der Waals surface area contributed by atoms with Crippen molar-refractivity contribution in [2.24, 2.45) is 0 Å². The molecule has 3 amide bonds. The lowest BCUT2D eigenvalue weighted by atomic mass is 10.1. The Hall–Kier alpha value is -2.68. The lowest BCUT2D eigenvalue weighted by Crippen LogP contribution is -2.44. The topological polar surface area (TPSA) is 70.2 Å². The fraction of sp³-hybridized carbons (Fsp3) is 0.393. The van der Waals surface area contributed by atoms with E-state index < -0.39 is 11.1 Å². The summed E-state index contributed by atoms with van der Waals surface area (Å²) in [5.74, 6) is -0.109. The number of halogens is 2. The lowest BCUT2D eigenvalue weighted by Gasteiger charge is -2.27. The van der Waals surface area contributed by atoms with Crippen LogP contribution in [0.4, 0.5) is 10.5 Å². The molecule has 0 unspecified atom stereocenters. The molecule has 2 fully saturated rings. The maximum absolute atomic E-state index is 13.1. The fourth-order valence-electron chi connectivity index (χ4n) is 4.50.